The monoisotopic (exact) mass is 486 g/mol. The molecule has 2 saturated heterocycles. The minimum atomic E-state index is 0.0706. The number of aromatic nitrogens is 3. The second kappa shape index (κ2) is 7.96. The zero-order valence-electron chi connectivity index (χ0n) is 18.0. The van der Waals surface area contributed by atoms with Gasteiger partial charge in [0.2, 0.25) is 0 Å². The fourth-order valence-electron chi connectivity index (χ4n) is 4.59. The van der Waals surface area contributed by atoms with Crippen molar-refractivity contribution >= 4 is 38.8 Å². The average Bonchev–Trinajstić information content (AvgIpc) is 3.16. The zero-order chi connectivity index (χ0) is 21.6. The van der Waals surface area contributed by atoms with Crippen molar-refractivity contribution in [2.24, 2.45) is 0 Å². The second-order valence-electron chi connectivity index (χ2n) is 8.70. The molecule has 1 aromatic carbocycles. The Hall–Kier alpha value is -2.36. The predicted octanol–water partition coefficient (Wildman–Crippen LogP) is 3.54. The lowest BCUT2D eigenvalue weighted by atomic mass is 9.95. The fraction of sp³-hybridized carbons (Fsp3) is 0.455. The van der Waals surface area contributed by atoms with Crippen LogP contribution < -0.4 is 15.0 Å². The number of ether oxygens (including phenoxy) is 2. The smallest absolute Gasteiger partial charge is 0.180 e. The second-order valence-corrected chi connectivity index (χ2v) is 9.51. The Morgan fingerprint density at radius 3 is 2.81 bits per heavy atom. The molecule has 1 N–H and O–H groups in total. The van der Waals surface area contributed by atoms with Crippen LogP contribution in [0.1, 0.15) is 13.8 Å². The molecule has 8 nitrogen and oxygen atoms in total. The molecule has 0 aliphatic carbocycles. The van der Waals surface area contributed by atoms with Crippen molar-refractivity contribution in [1.29, 1.82) is 0 Å². The van der Waals surface area contributed by atoms with Gasteiger partial charge in [0.1, 0.15) is 10.4 Å². The number of nitrogens with zero attached hydrogens (tertiary/aromatic N) is 5. The van der Waals surface area contributed by atoms with E-state index in [1.165, 1.54) is 0 Å². The number of hydrogen-bond acceptors (Lipinski definition) is 7. The summed E-state index contributed by atoms with van der Waals surface area (Å²) in [5.41, 5.74) is 2.85. The van der Waals surface area contributed by atoms with Crippen LogP contribution in [0.25, 0.3) is 5.65 Å². The maximum atomic E-state index is 5.78. The summed E-state index contributed by atoms with van der Waals surface area (Å²) in [5.74, 6) is 1.53. The number of piperazine rings is 1. The quantitative estimate of drug-likeness (QED) is 0.591. The third kappa shape index (κ3) is 3.86. The van der Waals surface area contributed by atoms with Gasteiger partial charge in [-0.05, 0) is 41.9 Å². The Bertz CT molecular complexity index is 1100. The van der Waals surface area contributed by atoms with Crippen LogP contribution >= 0.6 is 15.9 Å². The van der Waals surface area contributed by atoms with E-state index < -0.39 is 0 Å². The summed E-state index contributed by atoms with van der Waals surface area (Å²) >= 11 is 3.47. The molecular weight excluding hydrogens is 460 g/mol. The van der Waals surface area contributed by atoms with Gasteiger partial charge in [0.15, 0.2) is 11.5 Å². The molecule has 2 fully saturated rings. The van der Waals surface area contributed by atoms with Crippen molar-refractivity contribution in [2.45, 2.75) is 25.4 Å². The summed E-state index contributed by atoms with van der Waals surface area (Å²) < 4.78 is 13.9. The van der Waals surface area contributed by atoms with Gasteiger partial charge in [-0.15, -0.1) is 0 Å². The van der Waals surface area contributed by atoms with E-state index in [0.717, 1.165) is 60.2 Å². The fourth-order valence-corrected chi connectivity index (χ4v) is 4.99. The van der Waals surface area contributed by atoms with Crippen LogP contribution in [0, 0.1) is 0 Å². The molecule has 2 aliphatic rings. The summed E-state index contributed by atoms with van der Waals surface area (Å²) in [6, 6.07) is 6.76. The molecule has 0 atom stereocenters. The van der Waals surface area contributed by atoms with Gasteiger partial charge >= 0.3 is 0 Å². The third-order valence-electron chi connectivity index (χ3n) is 6.16. The standard InChI is InChI=1S/C22H27BrN6O2/c1-22(2)14-28(8-9-29(22)16-12-31-13-16)17-5-4-15(10-18(17)30-3)25-20-21-24-6-7-27(21)11-19(23)26-20/h4-7,10-11,16H,8-9,12-14H2,1-3H3,(H,25,26). The molecule has 164 valence electrons. The molecule has 0 bridgehead atoms. The van der Waals surface area contributed by atoms with Gasteiger partial charge in [0, 0.05) is 55.5 Å². The molecule has 2 aliphatic heterocycles. The minimum absolute atomic E-state index is 0.0706. The van der Waals surface area contributed by atoms with Gasteiger partial charge in [-0.3, -0.25) is 4.90 Å². The molecule has 3 aromatic rings. The van der Waals surface area contributed by atoms with Gasteiger partial charge in [-0.2, -0.15) is 0 Å². The van der Waals surface area contributed by atoms with E-state index >= 15 is 0 Å². The van der Waals surface area contributed by atoms with E-state index in [9.17, 15) is 0 Å². The molecule has 0 unspecified atom stereocenters. The van der Waals surface area contributed by atoms with Crippen LogP contribution in [0.15, 0.2) is 41.4 Å². The highest BCUT2D eigenvalue weighted by atomic mass is 79.9. The van der Waals surface area contributed by atoms with E-state index in [1.54, 1.807) is 13.3 Å². The van der Waals surface area contributed by atoms with Crippen molar-refractivity contribution in [3.63, 3.8) is 0 Å². The number of fused-ring (bicyclic) bond motifs is 1. The van der Waals surface area contributed by atoms with Crippen LogP contribution in [0.5, 0.6) is 5.75 Å². The van der Waals surface area contributed by atoms with Gasteiger partial charge < -0.3 is 24.1 Å². The highest BCUT2D eigenvalue weighted by Crippen LogP contribution is 2.36. The average molecular weight is 487 g/mol. The number of hydrogen-bond donors (Lipinski definition) is 1. The van der Waals surface area contributed by atoms with E-state index in [-0.39, 0.29) is 5.54 Å². The number of benzene rings is 1. The van der Waals surface area contributed by atoms with Crippen LogP contribution in [-0.4, -0.2) is 70.8 Å². The Kier molecular flexibility index (Phi) is 5.27. The predicted molar refractivity (Wildman–Crippen MR) is 125 cm³/mol. The number of imidazole rings is 1. The lowest BCUT2D eigenvalue weighted by molar-refractivity contribution is -0.100. The topological polar surface area (TPSA) is 67.2 Å². The van der Waals surface area contributed by atoms with Crippen molar-refractivity contribution in [2.75, 3.05) is 50.2 Å². The van der Waals surface area contributed by atoms with E-state index in [2.05, 4.69) is 67.0 Å². The van der Waals surface area contributed by atoms with E-state index in [1.807, 2.05) is 22.9 Å². The Labute approximate surface area is 190 Å². The van der Waals surface area contributed by atoms with E-state index in [0.29, 0.717) is 11.9 Å². The SMILES string of the molecule is COc1cc(Nc2nc(Br)cn3ccnc23)ccc1N1CCN(C2COC2)C(C)(C)C1. The molecule has 31 heavy (non-hydrogen) atoms. The summed E-state index contributed by atoms with van der Waals surface area (Å²) in [7, 11) is 1.72. The van der Waals surface area contributed by atoms with Crippen molar-refractivity contribution in [3.05, 3.63) is 41.4 Å². The van der Waals surface area contributed by atoms with Crippen molar-refractivity contribution in [1.82, 2.24) is 19.3 Å². The van der Waals surface area contributed by atoms with Gasteiger partial charge in [0.25, 0.3) is 0 Å². The number of anilines is 3. The molecule has 9 heteroatoms. The molecule has 5 rings (SSSR count). The zero-order valence-corrected chi connectivity index (χ0v) is 19.6. The molecule has 0 saturated carbocycles. The largest absolute Gasteiger partial charge is 0.495 e. The summed E-state index contributed by atoms with van der Waals surface area (Å²) in [6.45, 7) is 9.24. The van der Waals surface area contributed by atoms with Gasteiger partial charge in [-0.1, -0.05) is 0 Å². The Morgan fingerprint density at radius 2 is 2.10 bits per heavy atom. The first-order valence-corrected chi connectivity index (χ1v) is 11.3. The molecule has 0 radical (unpaired) electrons. The summed E-state index contributed by atoms with van der Waals surface area (Å²) in [6.07, 6.45) is 5.54. The highest BCUT2D eigenvalue weighted by molar-refractivity contribution is 9.10. The molecule has 2 aromatic heterocycles. The molecular formula is C22H27BrN6O2. The lowest BCUT2D eigenvalue weighted by Gasteiger charge is -2.53. The van der Waals surface area contributed by atoms with Crippen LogP contribution in [0.3, 0.4) is 0 Å². The van der Waals surface area contributed by atoms with Crippen LogP contribution in [0.4, 0.5) is 17.2 Å². The third-order valence-corrected chi connectivity index (χ3v) is 6.54. The first-order chi connectivity index (χ1) is 14.9. The van der Waals surface area contributed by atoms with E-state index in [4.69, 9.17) is 9.47 Å². The highest BCUT2D eigenvalue weighted by Gasteiger charge is 2.40. The minimum Gasteiger partial charge on any atom is -0.495 e. The maximum Gasteiger partial charge on any atom is 0.180 e. The van der Waals surface area contributed by atoms with Gasteiger partial charge in [0.05, 0.1) is 32.1 Å². The molecule has 0 amide bonds. The molecule has 4 heterocycles. The number of nitrogens with one attached hydrogen (secondary N) is 1. The summed E-state index contributed by atoms with van der Waals surface area (Å²) in [5, 5.41) is 3.39. The number of methoxy groups -OCH3 is 1. The Balaban J connectivity index is 1.38. The maximum absolute atomic E-state index is 5.78. The summed E-state index contributed by atoms with van der Waals surface area (Å²) in [4.78, 5) is 14.0. The normalized spacial score (nSPS) is 19.4. The number of halogens is 1. The number of rotatable bonds is 5. The van der Waals surface area contributed by atoms with Crippen molar-refractivity contribution < 1.29 is 9.47 Å². The first kappa shape index (κ1) is 20.5. The molecule has 0 spiro atoms. The lowest BCUT2D eigenvalue weighted by Crippen LogP contribution is -2.66. The van der Waals surface area contributed by atoms with Crippen LogP contribution in [0.2, 0.25) is 0 Å². The van der Waals surface area contributed by atoms with Crippen LogP contribution in [-0.2, 0) is 4.74 Å². The Morgan fingerprint density at radius 1 is 1.26 bits per heavy atom. The van der Waals surface area contributed by atoms with Crippen molar-refractivity contribution in [3.8, 4) is 5.75 Å². The van der Waals surface area contributed by atoms with Gasteiger partial charge in [-0.25, -0.2) is 9.97 Å². The first-order valence-electron chi connectivity index (χ1n) is 10.5.